The minimum Gasteiger partial charge on any atom is -0.411 e. The molecule has 0 radical (unpaired) electrons. The molecule has 13 nitrogen and oxygen atoms in total. The number of rotatable bonds is 13. The van der Waals surface area contributed by atoms with Crippen LogP contribution in [-0.2, 0) is 14.4 Å². The highest BCUT2D eigenvalue weighted by Gasteiger charge is 2.61. The molecule has 0 aromatic rings. The molecule has 1 saturated heterocycles. The lowest BCUT2D eigenvalue weighted by Crippen LogP contribution is -2.80. The van der Waals surface area contributed by atoms with Gasteiger partial charge in [0.15, 0.2) is 17.3 Å². The van der Waals surface area contributed by atoms with Crippen LogP contribution < -0.4 is 5.32 Å². The topological polar surface area (TPSA) is 187 Å². The van der Waals surface area contributed by atoms with E-state index in [1.165, 1.54) is 32.6 Å². The molecule has 34 heavy (non-hydrogen) atoms. The van der Waals surface area contributed by atoms with Crippen molar-refractivity contribution in [2.24, 2.45) is 26.1 Å². The second-order valence-electron chi connectivity index (χ2n) is 9.71. The van der Waals surface area contributed by atoms with Gasteiger partial charge in [0.25, 0.3) is 0 Å². The van der Waals surface area contributed by atoms with Gasteiger partial charge in [-0.15, -0.1) is 0 Å². The summed E-state index contributed by atoms with van der Waals surface area (Å²) in [5.74, 6) is -1.76. The maximum Gasteiger partial charge on any atom is 0.174 e. The average Bonchev–Trinajstić information content (AvgIpc) is 2.81. The molecule has 2 N–H and O–H groups in total. The van der Waals surface area contributed by atoms with Crippen molar-refractivity contribution < 1.29 is 19.6 Å². The van der Waals surface area contributed by atoms with Crippen molar-refractivity contribution in [2.75, 3.05) is 13.1 Å². The summed E-state index contributed by atoms with van der Waals surface area (Å²) in [5, 5.41) is 24.5. The van der Waals surface area contributed by atoms with E-state index in [9.17, 15) is 34.3 Å². The van der Waals surface area contributed by atoms with Crippen molar-refractivity contribution in [3.05, 3.63) is 14.7 Å². The highest BCUT2D eigenvalue weighted by molar-refractivity contribution is 5.94. The van der Waals surface area contributed by atoms with Gasteiger partial charge in [0, 0.05) is 24.9 Å². The Morgan fingerprint density at radius 2 is 1.29 bits per heavy atom. The first-order chi connectivity index (χ1) is 15.7. The van der Waals surface area contributed by atoms with Crippen LogP contribution in [0.1, 0.15) is 61.3 Å². The summed E-state index contributed by atoms with van der Waals surface area (Å²) >= 11 is 0. The first-order valence-corrected chi connectivity index (χ1v) is 10.9. The number of carbonyl (C=O) groups is 3. The fourth-order valence-electron chi connectivity index (χ4n) is 4.24. The number of carbonyl (C=O) groups excluding carboxylic acids is 3. The fourth-order valence-corrected chi connectivity index (χ4v) is 4.24. The zero-order valence-corrected chi connectivity index (χ0v) is 20.7. The molecule has 4 atom stereocenters. The number of nitrogens with one attached hydrogen (secondary N) is 1. The molecule has 190 valence electrons. The van der Waals surface area contributed by atoms with Gasteiger partial charge in [0.2, 0.25) is 0 Å². The third-order valence-corrected chi connectivity index (χ3v) is 7.16. The third-order valence-electron chi connectivity index (χ3n) is 7.16. The number of Topliss-reactive ketones (excluding diaryl/α,β-unsaturated/α-hetero) is 3. The van der Waals surface area contributed by atoms with Gasteiger partial charge < -0.3 is 5.21 Å². The fraction of sp³-hybridized carbons (Fsp3) is 0.810. The molecular formula is C21H34N6O7. The summed E-state index contributed by atoms with van der Waals surface area (Å²) in [6.07, 6.45) is -0.757. The van der Waals surface area contributed by atoms with Crippen molar-refractivity contribution >= 4 is 23.1 Å². The zero-order chi connectivity index (χ0) is 26.5. The first kappa shape index (κ1) is 29.2. The molecule has 1 aliphatic rings. The van der Waals surface area contributed by atoms with Gasteiger partial charge in [-0.1, -0.05) is 34.5 Å². The van der Waals surface area contributed by atoms with Crippen LogP contribution in [0.3, 0.4) is 0 Å². The Bertz CT molecular complexity index is 846. The summed E-state index contributed by atoms with van der Waals surface area (Å²) < 4.78 is 0. The Morgan fingerprint density at radius 1 is 0.882 bits per heavy atom. The lowest BCUT2D eigenvalue weighted by atomic mass is 9.61. The Morgan fingerprint density at radius 3 is 1.68 bits per heavy atom. The minimum absolute atomic E-state index is 0.120. The number of nitrogens with zero attached hydrogens (tertiary/aromatic N) is 5. The summed E-state index contributed by atoms with van der Waals surface area (Å²) in [4.78, 5) is 73.9. The summed E-state index contributed by atoms with van der Waals surface area (Å²) in [7, 11) is 0. The quantitative estimate of drug-likeness (QED) is 0.171. The summed E-state index contributed by atoms with van der Waals surface area (Å²) in [6.45, 7) is 10.3. The van der Waals surface area contributed by atoms with Gasteiger partial charge in [-0.25, -0.2) is 0 Å². The van der Waals surface area contributed by atoms with Crippen LogP contribution in [-0.4, -0.2) is 75.6 Å². The molecule has 13 heteroatoms. The van der Waals surface area contributed by atoms with E-state index in [1.54, 1.807) is 20.8 Å². The Hall–Kier alpha value is -2.80. The number of ketones is 3. The van der Waals surface area contributed by atoms with Crippen LogP contribution in [0.15, 0.2) is 20.7 Å². The molecule has 1 aliphatic heterocycles. The summed E-state index contributed by atoms with van der Waals surface area (Å²) in [6, 6.07) is -3.69. The van der Waals surface area contributed by atoms with Crippen LogP contribution in [0.2, 0.25) is 0 Å². The van der Waals surface area contributed by atoms with Crippen LogP contribution in [0.4, 0.5) is 0 Å². The van der Waals surface area contributed by atoms with E-state index in [2.05, 4.69) is 26.0 Å². The molecule has 0 saturated carbocycles. The van der Waals surface area contributed by atoms with Crippen LogP contribution in [0, 0.1) is 20.1 Å². The second kappa shape index (κ2) is 11.1. The molecule has 4 unspecified atom stereocenters. The molecule has 0 aromatic carbocycles. The van der Waals surface area contributed by atoms with E-state index in [0.29, 0.717) is 0 Å². The van der Waals surface area contributed by atoms with Crippen molar-refractivity contribution in [3.63, 3.8) is 0 Å². The molecule has 1 fully saturated rings. The van der Waals surface area contributed by atoms with Gasteiger partial charge in [-0.2, -0.15) is 14.7 Å². The number of oxime groups is 1. The predicted octanol–water partition coefficient (Wildman–Crippen LogP) is 2.18. The van der Waals surface area contributed by atoms with Crippen LogP contribution >= 0.6 is 0 Å². The largest absolute Gasteiger partial charge is 0.411 e. The Labute approximate surface area is 198 Å². The standard InChI is InChI=1S/C21H34N6O7/c1-12(23-31)16(28)8-21(9-17(29)13(2)24-32)19(5,6)11-22-20(7,15(4)26-34)27(21)10-18(30)14(3)25-33/h12-14,22,34H,8-11H2,1-7H3. The van der Waals surface area contributed by atoms with Gasteiger partial charge in [-0.05, 0) is 40.0 Å². The molecule has 0 aromatic heterocycles. The van der Waals surface area contributed by atoms with Crippen molar-refractivity contribution in [2.45, 2.75) is 90.6 Å². The molecule has 0 amide bonds. The maximum absolute atomic E-state index is 13.1. The maximum atomic E-state index is 13.1. The molecule has 0 bridgehead atoms. The highest BCUT2D eigenvalue weighted by Crippen LogP contribution is 2.48. The zero-order valence-electron chi connectivity index (χ0n) is 20.7. The monoisotopic (exact) mass is 482 g/mol. The normalized spacial score (nSPS) is 27.8. The van der Waals surface area contributed by atoms with Crippen molar-refractivity contribution in [1.82, 2.24) is 10.2 Å². The van der Waals surface area contributed by atoms with Crippen molar-refractivity contribution in [3.8, 4) is 0 Å². The summed E-state index contributed by atoms with van der Waals surface area (Å²) in [5.41, 5.74) is -3.59. The molecule has 1 heterocycles. The van der Waals surface area contributed by atoms with Crippen LogP contribution in [0.25, 0.3) is 0 Å². The molecular weight excluding hydrogens is 448 g/mol. The van der Waals surface area contributed by atoms with Gasteiger partial charge in [0.1, 0.15) is 23.8 Å². The molecule has 0 aliphatic carbocycles. The first-order valence-electron chi connectivity index (χ1n) is 10.9. The van der Waals surface area contributed by atoms with E-state index in [-0.39, 0.29) is 25.1 Å². The number of hydrogen-bond donors (Lipinski definition) is 2. The van der Waals surface area contributed by atoms with E-state index in [0.717, 1.165) is 0 Å². The lowest BCUT2D eigenvalue weighted by molar-refractivity contribution is -0.155. The Kier molecular flexibility index (Phi) is 9.53. The van der Waals surface area contributed by atoms with Crippen LogP contribution in [0.5, 0.6) is 0 Å². The predicted molar refractivity (Wildman–Crippen MR) is 125 cm³/mol. The highest BCUT2D eigenvalue weighted by atomic mass is 16.4. The average molecular weight is 483 g/mol. The van der Waals surface area contributed by atoms with E-state index >= 15 is 0 Å². The Balaban J connectivity index is 3.93. The van der Waals surface area contributed by atoms with Gasteiger partial charge >= 0.3 is 0 Å². The van der Waals surface area contributed by atoms with Gasteiger partial charge in [0.05, 0.1) is 12.3 Å². The minimum atomic E-state index is -1.46. The smallest absolute Gasteiger partial charge is 0.174 e. The van der Waals surface area contributed by atoms with E-state index in [4.69, 9.17) is 0 Å². The number of nitroso groups, excluding NO2 is 3. The number of hydrogen-bond acceptors (Lipinski definition) is 13. The van der Waals surface area contributed by atoms with Crippen molar-refractivity contribution in [1.29, 1.82) is 0 Å². The second-order valence-corrected chi connectivity index (χ2v) is 9.71. The third kappa shape index (κ3) is 5.46. The molecule has 1 rings (SSSR count). The molecule has 0 spiro atoms. The lowest BCUT2D eigenvalue weighted by Gasteiger charge is -2.63. The van der Waals surface area contributed by atoms with E-state index in [1.807, 2.05) is 0 Å². The SMILES string of the molecule is CC(=NO)C1(C)NCC(C)(C)C(CC(=O)C(C)N=O)(CC(=O)C(C)N=O)N1CC(=O)C(C)N=O. The van der Waals surface area contributed by atoms with E-state index < -0.39 is 58.6 Å². The van der Waals surface area contributed by atoms with Gasteiger partial charge in [-0.3, -0.25) is 24.6 Å².